The molecule has 0 atom stereocenters. The van der Waals surface area contributed by atoms with E-state index in [1.54, 1.807) is 6.08 Å². The molecule has 0 bridgehead atoms. The van der Waals surface area contributed by atoms with Crippen molar-refractivity contribution in [2.24, 2.45) is 0 Å². The third kappa shape index (κ3) is 6.19. The van der Waals surface area contributed by atoms with Crippen LogP contribution in [0.15, 0.2) is 60.9 Å². The van der Waals surface area contributed by atoms with E-state index in [0.29, 0.717) is 6.33 Å². The summed E-state index contributed by atoms with van der Waals surface area (Å²) in [6.45, 7) is 3.01. The van der Waals surface area contributed by atoms with Crippen LogP contribution < -0.4 is 4.74 Å². The van der Waals surface area contributed by atoms with Crippen molar-refractivity contribution in [2.45, 2.75) is 45.4 Å². The molecule has 24 heavy (non-hydrogen) atoms. The van der Waals surface area contributed by atoms with Gasteiger partial charge in [-0.05, 0) is 48.1 Å². The highest BCUT2D eigenvalue weighted by atomic mass is 19.1. The van der Waals surface area contributed by atoms with E-state index in [-0.39, 0.29) is 0 Å². The fraction of sp³-hybridized carbons (Fsp3) is 0.364. The second-order valence-electron chi connectivity index (χ2n) is 6.03. The molecule has 1 nitrogen and oxygen atoms in total. The predicted molar refractivity (Wildman–Crippen MR) is 100 cm³/mol. The molecule has 0 N–H and O–H groups in total. The Bertz CT molecular complexity index is 599. The van der Waals surface area contributed by atoms with Crippen molar-refractivity contribution < 1.29 is 9.13 Å². The Hall–Kier alpha value is -2.09. The molecule has 0 spiro atoms. The molecule has 2 rings (SSSR count). The third-order valence-corrected chi connectivity index (χ3v) is 4.10. The molecular formula is C22H27FO. The second-order valence-corrected chi connectivity index (χ2v) is 6.03. The summed E-state index contributed by atoms with van der Waals surface area (Å²) in [5.41, 5.74) is 3.60. The molecule has 0 aliphatic heterocycles. The fourth-order valence-corrected chi connectivity index (χ4v) is 2.64. The van der Waals surface area contributed by atoms with Crippen molar-refractivity contribution in [1.82, 2.24) is 0 Å². The van der Waals surface area contributed by atoms with Gasteiger partial charge in [0.1, 0.15) is 5.75 Å². The van der Waals surface area contributed by atoms with E-state index in [2.05, 4.69) is 43.3 Å². The smallest absolute Gasteiger partial charge is 0.119 e. The molecule has 2 aromatic rings. The lowest BCUT2D eigenvalue weighted by Crippen LogP contribution is -1.96. The molecule has 0 saturated heterocycles. The minimum Gasteiger partial charge on any atom is -0.494 e. The van der Waals surface area contributed by atoms with Crippen LogP contribution >= 0.6 is 0 Å². The summed E-state index contributed by atoms with van der Waals surface area (Å²) in [6, 6.07) is 16.7. The Morgan fingerprint density at radius 3 is 2.17 bits per heavy atom. The van der Waals surface area contributed by atoms with Crippen LogP contribution in [-0.2, 0) is 6.42 Å². The van der Waals surface area contributed by atoms with Gasteiger partial charge in [0.15, 0.2) is 0 Å². The minimum atomic E-state index is 0.613. The van der Waals surface area contributed by atoms with E-state index in [1.165, 1.54) is 36.0 Å². The monoisotopic (exact) mass is 326 g/mol. The zero-order valence-electron chi connectivity index (χ0n) is 14.5. The summed E-state index contributed by atoms with van der Waals surface area (Å²) in [6.07, 6.45) is 8.65. The SMILES string of the molecule is CCCCCCOc1ccc(-c2ccc(CCC=CF)cc2)cc1. The average Bonchev–Trinajstić information content (AvgIpc) is 2.63. The molecule has 0 unspecified atom stereocenters. The van der Waals surface area contributed by atoms with E-state index in [1.807, 2.05) is 12.1 Å². The van der Waals surface area contributed by atoms with Gasteiger partial charge in [-0.3, -0.25) is 0 Å². The van der Waals surface area contributed by atoms with Gasteiger partial charge in [0.25, 0.3) is 0 Å². The number of hydrogen-bond acceptors (Lipinski definition) is 1. The molecule has 0 aliphatic rings. The van der Waals surface area contributed by atoms with Gasteiger partial charge in [-0.15, -0.1) is 0 Å². The lowest BCUT2D eigenvalue weighted by molar-refractivity contribution is 0.305. The van der Waals surface area contributed by atoms with Crippen molar-refractivity contribution in [3.63, 3.8) is 0 Å². The van der Waals surface area contributed by atoms with E-state index in [4.69, 9.17) is 4.74 Å². The summed E-state index contributed by atoms with van der Waals surface area (Å²) in [4.78, 5) is 0. The molecule has 0 radical (unpaired) electrons. The van der Waals surface area contributed by atoms with Gasteiger partial charge >= 0.3 is 0 Å². The summed E-state index contributed by atoms with van der Waals surface area (Å²) < 4.78 is 17.7. The maximum atomic E-state index is 12.0. The van der Waals surface area contributed by atoms with Gasteiger partial charge in [-0.25, -0.2) is 4.39 Å². The van der Waals surface area contributed by atoms with E-state index in [9.17, 15) is 4.39 Å². The highest BCUT2D eigenvalue weighted by Crippen LogP contribution is 2.23. The van der Waals surface area contributed by atoms with Crippen molar-refractivity contribution in [3.05, 3.63) is 66.5 Å². The summed E-state index contributed by atoms with van der Waals surface area (Å²) in [5.74, 6) is 0.935. The van der Waals surface area contributed by atoms with E-state index < -0.39 is 0 Å². The van der Waals surface area contributed by atoms with Gasteiger partial charge in [0.05, 0.1) is 12.9 Å². The number of halogens is 1. The summed E-state index contributed by atoms with van der Waals surface area (Å²) in [7, 11) is 0. The molecule has 0 aliphatic carbocycles. The second kappa shape index (κ2) is 10.6. The van der Waals surface area contributed by atoms with Crippen LogP contribution in [0.3, 0.4) is 0 Å². The average molecular weight is 326 g/mol. The van der Waals surface area contributed by atoms with Gasteiger partial charge in [-0.1, -0.05) is 68.7 Å². The molecule has 2 aromatic carbocycles. The van der Waals surface area contributed by atoms with Crippen LogP contribution in [0.2, 0.25) is 0 Å². The molecule has 0 amide bonds. The van der Waals surface area contributed by atoms with Gasteiger partial charge < -0.3 is 4.74 Å². The van der Waals surface area contributed by atoms with Crippen molar-refractivity contribution in [2.75, 3.05) is 6.61 Å². The molecule has 2 heteroatoms. The first-order chi connectivity index (χ1) is 11.8. The summed E-state index contributed by atoms with van der Waals surface area (Å²) in [5, 5.41) is 0. The lowest BCUT2D eigenvalue weighted by atomic mass is 10.0. The quantitative estimate of drug-likeness (QED) is 0.440. The van der Waals surface area contributed by atoms with Crippen LogP contribution in [0.1, 0.15) is 44.6 Å². The van der Waals surface area contributed by atoms with E-state index in [0.717, 1.165) is 31.6 Å². The number of allylic oxidation sites excluding steroid dienone is 1. The number of rotatable bonds is 10. The van der Waals surface area contributed by atoms with Gasteiger partial charge in [-0.2, -0.15) is 0 Å². The largest absolute Gasteiger partial charge is 0.494 e. The number of unbranched alkanes of at least 4 members (excludes halogenated alkanes) is 3. The maximum Gasteiger partial charge on any atom is 0.119 e. The minimum absolute atomic E-state index is 0.613. The van der Waals surface area contributed by atoms with Crippen LogP contribution in [0.4, 0.5) is 4.39 Å². The van der Waals surface area contributed by atoms with E-state index >= 15 is 0 Å². The van der Waals surface area contributed by atoms with Gasteiger partial charge in [0, 0.05) is 0 Å². The Morgan fingerprint density at radius 1 is 0.875 bits per heavy atom. The molecule has 0 aromatic heterocycles. The van der Waals surface area contributed by atoms with Crippen LogP contribution in [0, 0.1) is 0 Å². The molecule has 0 saturated carbocycles. The molecule has 0 fully saturated rings. The molecule has 0 heterocycles. The number of aryl methyl sites for hydroxylation is 1. The Labute approximate surface area is 145 Å². The topological polar surface area (TPSA) is 9.23 Å². The lowest BCUT2D eigenvalue weighted by Gasteiger charge is -2.08. The third-order valence-electron chi connectivity index (χ3n) is 4.10. The maximum absolute atomic E-state index is 12.0. The number of benzene rings is 2. The zero-order valence-corrected chi connectivity index (χ0v) is 14.5. The van der Waals surface area contributed by atoms with Crippen LogP contribution in [-0.4, -0.2) is 6.61 Å². The molecule has 128 valence electrons. The predicted octanol–water partition coefficient (Wildman–Crippen LogP) is 6.73. The summed E-state index contributed by atoms with van der Waals surface area (Å²) >= 11 is 0. The highest BCUT2D eigenvalue weighted by molar-refractivity contribution is 5.64. The Kier molecular flexibility index (Phi) is 8.09. The number of hydrogen-bond donors (Lipinski definition) is 0. The first kappa shape index (κ1) is 18.3. The fourth-order valence-electron chi connectivity index (χ4n) is 2.64. The van der Waals surface area contributed by atoms with Crippen molar-refractivity contribution in [1.29, 1.82) is 0 Å². The molecular weight excluding hydrogens is 299 g/mol. The standard InChI is InChI=1S/C22H27FO/c1-2-3-4-7-18-24-22-15-13-21(14-16-22)20-11-9-19(10-12-20)8-5-6-17-23/h6,9-17H,2-5,7-8,18H2,1H3. The Balaban J connectivity index is 1.85. The van der Waals surface area contributed by atoms with Crippen molar-refractivity contribution in [3.8, 4) is 16.9 Å². The first-order valence-corrected chi connectivity index (χ1v) is 8.91. The van der Waals surface area contributed by atoms with Gasteiger partial charge in [0.2, 0.25) is 0 Å². The van der Waals surface area contributed by atoms with Crippen LogP contribution in [0.5, 0.6) is 5.75 Å². The zero-order chi connectivity index (χ0) is 17.0. The highest BCUT2D eigenvalue weighted by Gasteiger charge is 2.00. The number of ether oxygens (including phenoxy) is 1. The van der Waals surface area contributed by atoms with Crippen LogP contribution in [0.25, 0.3) is 11.1 Å². The first-order valence-electron chi connectivity index (χ1n) is 8.91. The Morgan fingerprint density at radius 2 is 1.54 bits per heavy atom. The van der Waals surface area contributed by atoms with Crippen molar-refractivity contribution >= 4 is 0 Å². The normalized spacial score (nSPS) is 11.1.